The van der Waals surface area contributed by atoms with E-state index in [1.807, 2.05) is 42.6 Å². The van der Waals surface area contributed by atoms with Crippen LogP contribution in [0.3, 0.4) is 0 Å². The van der Waals surface area contributed by atoms with E-state index in [0.717, 1.165) is 83.6 Å². The van der Waals surface area contributed by atoms with Crippen LogP contribution in [0.15, 0.2) is 158 Å². The van der Waals surface area contributed by atoms with Gasteiger partial charge < -0.3 is 5.11 Å². The molecule has 4 nitrogen and oxygen atoms in total. The van der Waals surface area contributed by atoms with E-state index in [0.29, 0.717) is 17.0 Å². The summed E-state index contributed by atoms with van der Waals surface area (Å²) in [6.45, 7) is 26.6. The Hall–Kier alpha value is -6.42. The summed E-state index contributed by atoms with van der Waals surface area (Å²) in [5, 5.41) is 12.6. The van der Waals surface area contributed by atoms with Gasteiger partial charge in [0.05, 0.1) is 22.3 Å². The zero-order valence-electron chi connectivity index (χ0n) is 42.5. The molecular formula is C64H63FN3OPt-. The molecule has 1 N–H and O–H groups in total. The van der Waals surface area contributed by atoms with Crippen LogP contribution in [0.5, 0.6) is 5.75 Å². The molecule has 0 spiro atoms. The predicted molar refractivity (Wildman–Crippen MR) is 287 cm³/mol. The minimum atomic E-state index is -0.346. The number of hydrogen-bond donors (Lipinski definition) is 1. The van der Waals surface area contributed by atoms with Gasteiger partial charge in [0.25, 0.3) is 0 Å². The van der Waals surface area contributed by atoms with Crippen molar-refractivity contribution < 1.29 is 30.6 Å². The molecule has 9 rings (SSSR count). The maximum absolute atomic E-state index is 14.7. The molecular weight excluding hydrogens is 1040 g/mol. The van der Waals surface area contributed by atoms with Gasteiger partial charge in [0.2, 0.25) is 0 Å². The van der Waals surface area contributed by atoms with E-state index in [1.165, 1.54) is 11.6 Å². The summed E-state index contributed by atoms with van der Waals surface area (Å²) >= 11 is 0. The molecule has 0 amide bonds. The fraction of sp³-hybridized carbons (Fsp3) is 0.250. The second-order valence-corrected chi connectivity index (χ2v) is 22.6. The number of nitrogens with zero attached hydrogens (tertiary/aromatic N) is 3. The minimum absolute atomic E-state index is 0. The standard InChI is InChI=1S/C64H63FN3O.Pt/c1-61(2,3)46-29-30-56(51(37-46)41-19-14-13-15-20-41)68-57-24-18-22-50(58(57)67-60(68)52-38-48(63(7,8)9)39-53(59(52)69)64(10,11)12)44-33-45(35-47(34-44)62(4,5)6)55-36-43(31-32-66-55)40-25-27-42(28-26-40)49-21-16-17-23-54(49)65;/h13-32,34-39,69H,1-12H3;/q-1;. The summed E-state index contributed by atoms with van der Waals surface area (Å²) in [6.07, 6.45) is 1.85. The van der Waals surface area contributed by atoms with Gasteiger partial charge in [0.1, 0.15) is 17.4 Å². The first kappa shape index (κ1) is 50.0. The smallest absolute Gasteiger partial charge is 0.148 e. The average molecular weight is 1100 g/mol. The van der Waals surface area contributed by atoms with Crippen molar-refractivity contribution in [1.82, 2.24) is 14.5 Å². The molecule has 9 aromatic rings. The van der Waals surface area contributed by atoms with Crippen LogP contribution >= 0.6 is 0 Å². The molecule has 0 fully saturated rings. The predicted octanol–water partition coefficient (Wildman–Crippen LogP) is 17.3. The van der Waals surface area contributed by atoms with Crippen molar-refractivity contribution in [2.24, 2.45) is 0 Å². The van der Waals surface area contributed by atoms with Crippen LogP contribution in [0.2, 0.25) is 0 Å². The Bertz CT molecular complexity index is 3380. The fourth-order valence-electron chi connectivity index (χ4n) is 9.18. The van der Waals surface area contributed by atoms with Crippen LogP contribution in [0.25, 0.3) is 83.9 Å². The number of phenols is 1. The van der Waals surface area contributed by atoms with Crippen molar-refractivity contribution in [3.63, 3.8) is 0 Å². The van der Waals surface area contributed by atoms with Crippen LogP contribution in [-0.4, -0.2) is 19.6 Å². The Morgan fingerprint density at radius 2 is 1.07 bits per heavy atom. The molecule has 0 atom stereocenters. The first-order chi connectivity index (χ1) is 32.6. The van der Waals surface area contributed by atoms with E-state index in [1.54, 1.807) is 12.1 Å². The molecule has 2 aromatic heterocycles. The molecule has 0 unspecified atom stereocenters. The molecule has 0 aliphatic heterocycles. The van der Waals surface area contributed by atoms with Crippen molar-refractivity contribution in [2.75, 3.05) is 0 Å². The van der Waals surface area contributed by atoms with Gasteiger partial charge in [-0.1, -0.05) is 197 Å². The number of rotatable bonds is 7. The number of halogens is 1. The first-order valence-corrected chi connectivity index (χ1v) is 24.1. The second-order valence-electron chi connectivity index (χ2n) is 22.6. The Morgan fingerprint density at radius 3 is 1.73 bits per heavy atom. The number of benzene rings is 7. The van der Waals surface area contributed by atoms with Gasteiger partial charge in [0.15, 0.2) is 0 Å². The largest absolute Gasteiger partial charge is 0.507 e. The number of pyridine rings is 1. The second kappa shape index (κ2) is 18.7. The molecule has 0 saturated carbocycles. The Morgan fingerprint density at radius 1 is 0.486 bits per heavy atom. The fourth-order valence-corrected chi connectivity index (χ4v) is 9.18. The van der Waals surface area contributed by atoms with Gasteiger partial charge in [-0.3, -0.25) is 9.55 Å². The normalized spacial score (nSPS) is 12.3. The van der Waals surface area contributed by atoms with E-state index >= 15 is 0 Å². The van der Waals surface area contributed by atoms with E-state index in [4.69, 9.17) is 9.97 Å². The molecule has 70 heavy (non-hydrogen) atoms. The molecule has 0 bridgehead atoms. The molecule has 0 aliphatic carbocycles. The third-order valence-corrected chi connectivity index (χ3v) is 13.4. The van der Waals surface area contributed by atoms with Crippen molar-refractivity contribution in [3.8, 4) is 78.6 Å². The number of fused-ring (bicyclic) bond motifs is 1. The number of phenolic OH excluding ortho intramolecular Hbond substituents is 1. The molecule has 6 heteroatoms. The molecule has 0 saturated heterocycles. The summed E-state index contributed by atoms with van der Waals surface area (Å²) < 4.78 is 17.0. The third kappa shape index (κ3) is 9.84. The summed E-state index contributed by atoms with van der Waals surface area (Å²) in [5.74, 6) is 0.655. The van der Waals surface area contributed by atoms with Crippen LogP contribution in [0.1, 0.15) is 105 Å². The van der Waals surface area contributed by atoms with Crippen LogP contribution in [0, 0.1) is 11.9 Å². The maximum atomic E-state index is 14.7. The van der Waals surface area contributed by atoms with Gasteiger partial charge in [-0.05, 0) is 91.4 Å². The summed E-state index contributed by atoms with van der Waals surface area (Å²) in [4.78, 5) is 10.6. The quantitative estimate of drug-likeness (QED) is 0.162. The molecule has 0 radical (unpaired) electrons. The Kier molecular flexibility index (Phi) is 13.4. The van der Waals surface area contributed by atoms with Crippen molar-refractivity contribution in [1.29, 1.82) is 0 Å². The van der Waals surface area contributed by atoms with Crippen molar-refractivity contribution >= 4 is 11.0 Å². The SMILES string of the molecule is CC(C)(C)c1cc(-c2cc(-c3ccc(-c4ccccc4F)cc3)ccn2)[c-]c(-c2cccc3c2nc(-c2cc(C(C)(C)C)cc(C(C)(C)C)c2O)n3-c2ccc(C(C)(C)C)cc2-c2ccccc2)c1.[Pt]. The van der Waals surface area contributed by atoms with Crippen LogP contribution in [0.4, 0.5) is 4.39 Å². The number of hydrogen-bond acceptors (Lipinski definition) is 3. The molecule has 7 aromatic carbocycles. The number of aromatic nitrogens is 3. The van der Waals surface area contributed by atoms with Crippen LogP contribution in [-0.2, 0) is 42.7 Å². The van der Waals surface area contributed by atoms with Crippen molar-refractivity contribution in [3.05, 3.63) is 192 Å². The Labute approximate surface area is 429 Å². The summed E-state index contributed by atoms with van der Waals surface area (Å²) in [7, 11) is 0. The third-order valence-electron chi connectivity index (χ3n) is 13.4. The monoisotopic (exact) mass is 1100 g/mol. The van der Waals surface area contributed by atoms with Gasteiger partial charge in [-0.25, -0.2) is 9.37 Å². The molecule has 0 aliphatic rings. The van der Waals surface area contributed by atoms with Gasteiger partial charge in [-0.2, -0.15) is 0 Å². The summed E-state index contributed by atoms with van der Waals surface area (Å²) in [5.41, 5.74) is 15.9. The van der Waals surface area contributed by atoms with E-state index in [9.17, 15) is 9.50 Å². The number of para-hydroxylation sites is 1. The Balaban J connectivity index is 0.00000659. The molecule has 2 heterocycles. The number of aromatic hydroxyl groups is 1. The first-order valence-electron chi connectivity index (χ1n) is 24.1. The number of imidazole rings is 1. The van der Waals surface area contributed by atoms with Gasteiger partial charge in [0, 0.05) is 49.6 Å². The zero-order chi connectivity index (χ0) is 49.2. The van der Waals surface area contributed by atoms with E-state index in [-0.39, 0.29) is 54.3 Å². The zero-order valence-corrected chi connectivity index (χ0v) is 44.8. The topological polar surface area (TPSA) is 50.9 Å². The van der Waals surface area contributed by atoms with E-state index in [2.05, 4.69) is 191 Å². The minimum Gasteiger partial charge on any atom is -0.507 e. The maximum Gasteiger partial charge on any atom is 0.148 e. The molecule has 358 valence electrons. The van der Waals surface area contributed by atoms with Crippen molar-refractivity contribution in [2.45, 2.75) is 105 Å². The van der Waals surface area contributed by atoms with E-state index < -0.39 is 0 Å². The average Bonchev–Trinajstić information content (AvgIpc) is 3.70. The van der Waals surface area contributed by atoms with Crippen LogP contribution < -0.4 is 0 Å². The van der Waals surface area contributed by atoms with Gasteiger partial charge >= 0.3 is 0 Å². The van der Waals surface area contributed by atoms with Gasteiger partial charge in [-0.15, -0.1) is 29.3 Å². The summed E-state index contributed by atoms with van der Waals surface area (Å²) in [6, 6.07) is 55.3.